The first kappa shape index (κ1) is 19.8. The Labute approximate surface area is 177 Å². The molecule has 1 fully saturated rings. The lowest BCUT2D eigenvalue weighted by atomic mass is 10.2. The SMILES string of the molecule is O=C(CN1CCN(c2ccc(Cl)cn2)CC1)Nc1nc(-c2ccc(F)cc2)cs1. The molecule has 6 nitrogen and oxygen atoms in total. The molecular weight excluding hydrogens is 413 g/mol. The lowest BCUT2D eigenvalue weighted by molar-refractivity contribution is -0.117. The average molecular weight is 432 g/mol. The van der Waals surface area contributed by atoms with Gasteiger partial charge in [-0.2, -0.15) is 0 Å². The number of rotatable bonds is 5. The summed E-state index contributed by atoms with van der Waals surface area (Å²) >= 11 is 7.24. The molecule has 1 saturated heterocycles. The molecule has 1 N–H and O–H groups in total. The molecule has 0 unspecified atom stereocenters. The molecule has 0 saturated carbocycles. The monoisotopic (exact) mass is 431 g/mol. The predicted molar refractivity (Wildman–Crippen MR) is 114 cm³/mol. The van der Waals surface area contributed by atoms with E-state index in [1.54, 1.807) is 18.3 Å². The zero-order valence-corrected chi connectivity index (χ0v) is 17.1. The second-order valence-electron chi connectivity index (χ2n) is 6.69. The summed E-state index contributed by atoms with van der Waals surface area (Å²) in [6, 6.07) is 9.87. The third kappa shape index (κ3) is 5.09. The van der Waals surface area contributed by atoms with E-state index in [0.717, 1.165) is 43.3 Å². The Balaban J connectivity index is 1.27. The molecule has 9 heteroatoms. The number of amides is 1. The second kappa shape index (κ2) is 8.86. The van der Waals surface area contributed by atoms with Crippen LogP contribution in [0.1, 0.15) is 0 Å². The summed E-state index contributed by atoms with van der Waals surface area (Å²) in [6.45, 7) is 3.46. The van der Waals surface area contributed by atoms with Crippen LogP contribution in [0.25, 0.3) is 11.3 Å². The number of benzene rings is 1. The fourth-order valence-electron chi connectivity index (χ4n) is 3.14. The fourth-order valence-corrected chi connectivity index (χ4v) is 3.98. The van der Waals surface area contributed by atoms with Gasteiger partial charge in [-0.25, -0.2) is 14.4 Å². The van der Waals surface area contributed by atoms with Crippen molar-refractivity contribution in [3.63, 3.8) is 0 Å². The number of carbonyl (C=O) groups is 1. The number of carbonyl (C=O) groups excluding carboxylic acids is 1. The summed E-state index contributed by atoms with van der Waals surface area (Å²) in [4.78, 5) is 25.4. The molecule has 2 aromatic heterocycles. The largest absolute Gasteiger partial charge is 0.354 e. The molecule has 0 aliphatic carbocycles. The highest BCUT2D eigenvalue weighted by Crippen LogP contribution is 2.25. The van der Waals surface area contributed by atoms with Gasteiger partial charge in [0, 0.05) is 43.3 Å². The molecule has 1 aromatic carbocycles. The van der Waals surface area contributed by atoms with Crippen LogP contribution in [-0.2, 0) is 4.79 Å². The molecule has 1 aliphatic rings. The third-order valence-corrected chi connectivity index (χ3v) is 5.65. The van der Waals surface area contributed by atoms with E-state index in [-0.39, 0.29) is 11.7 Å². The second-order valence-corrected chi connectivity index (χ2v) is 7.99. The van der Waals surface area contributed by atoms with Crippen LogP contribution in [0, 0.1) is 5.82 Å². The molecule has 1 amide bonds. The van der Waals surface area contributed by atoms with Gasteiger partial charge in [0.15, 0.2) is 5.13 Å². The first-order valence-corrected chi connectivity index (χ1v) is 10.4. The molecule has 1 aliphatic heterocycles. The lowest BCUT2D eigenvalue weighted by Gasteiger charge is -2.34. The molecule has 0 atom stereocenters. The van der Waals surface area contributed by atoms with E-state index in [9.17, 15) is 9.18 Å². The number of halogens is 2. The Morgan fingerprint density at radius 2 is 1.90 bits per heavy atom. The van der Waals surface area contributed by atoms with Crippen molar-refractivity contribution in [2.75, 3.05) is 42.9 Å². The number of piperazine rings is 1. The minimum atomic E-state index is -0.288. The standard InChI is InChI=1S/C20H19ClFN5OS/c21-15-3-6-18(23-11-15)27-9-7-26(8-10-27)12-19(28)25-20-24-17(13-29-20)14-1-4-16(22)5-2-14/h1-6,11,13H,7-10,12H2,(H,24,25,28). The third-order valence-electron chi connectivity index (χ3n) is 4.67. The average Bonchev–Trinajstić information content (AvgIpc) is 3.18. The zero-order chi connectivity index (χ0) is 20.2. The van der Waals surface area contributed by atoms with Gasteiger partial charge in [-0.1, -0.05) is 11.6 Å². The van der Waals surface area contributed by atoms with Gasteiger partial charge in [0.25, 0.3) is 0 Å². The van der Waals surface area contributed by atoms with E-state index in [4.69, 9.17) is 11.6 Å². The summed E-state index contributed by atoms with van der Waals surface area (Å²) in [7, 11) is 0. The van der Waals surface area contributed by atoms with Crippen LogP contribution >= 0.6 is 22.9 Å². The van der Waals surface area contributed by atoms with Crippen molar-refractivity contribution >= 4 is 39.8 Å². The molecule has 4 rings (SSSR count). The molecule has 3 heterocycles. The van der Waals surface area contributed by atoms with Gasteiger partial charge >= 0.3 is 0 Å². The summed E-state index contributed by atoms with van der Waals surface area (Å²) < 4.78 is 13.0. The Kier molecular flexibility index (Phi) is 6.03. The Bertz CT molecular complexity index is 971. The highest BCUT2D eigenvalue weighted by atomic mass is 35.5. The molecule has 150 valence electrons. The molecule has 0 bridgehead atoms. The smallest absolute Gasteiger partial charge is 0.240 e. The van der Waals surface area contributed by atoms with E-state index in [2.05, 4.69) is 25.1 Å². The minimum Gasteiger partial charge on any atom is -0.354 e. The number of hydrogen-bond acceptors (Lipinski definition) is 6. The van der Waals surface area contributed by atoms with Gasteiger partial charge in [-0.05, 0) is 36.4 Å². The maximum absolute atomic E-state index is 13.0. The van der Waals surface area contributed by atoms with E-state index in [0.29, 0.717) is 16.7 Å². The molecule has 0 spiro atoms. The van der Waals surface area contributed by atoms with Gasteiger partial charge in [0.1, 0.15) is 11.6 Å². The van der Waals surface area contributed by atoms with Crippen LogP contribution in [-0.4, -0.2) is 53.5 Å². The van der Waals surface area contributed by atoms with Crippen LogP contribution in [0.3, 0.4) is 0 Å². The zero-order valence-electron chi connectivity index (χ0n) is 15.5. The van der Waals surface area contributed by atoms with Crippen molar-refractivity contribution in [3.8, 4) is 11.3 Å². The number of anilines is 2. The quantitative estimate of drug-likeness (QED) is 0.666. The van der Waals surface area contributed by atoms with Crippen LogP contribution in [0.4, 0.5) is 15.3 Å². The fraction of sp³-hybridized carbons (Fsp3) is 0.250. The molecular formula is C20H19ClFN5OS. The number of thiazole rings is 1. The Hall–Kier alpha value is -2.55. The maximum Gasteiger partial charge on any atom is 0.240 e. The first-order chi connectivity index (χ1) is 14.1. The maximum atomic E-state index is 13.0. The van der Waals surface area contributed by atoms with Crippen molar-refractivity contribution in [1.29, 1.82) is 0 Å². The van der Waals surface area contributed by atoms with E-state index in [1.807, 2.05) is 17.5 Å². The summed E-state index contributed by atoms with van der Waals surface area (Å²) in [5.41, 5.74) is 1.53. The van der Waals surface area contributed by atoms with E-state index in [1.165, 1.54) is 23.5 Å². The van der Waals surface area contributed by atoms with Crippen LogP contribution < -0.4 is 10.2 Å². The van der Waals surface area contributed by atoms with Gasteiger partial charge in [-0.3, -0.25) is 9.69 Å². The lowest BCUT2D eigenvalue weighted by Crippen LogP contribution is -2.48. The van der Waals surface area contributed by atoms with E-state index < -0.39 is 0 Å². The summed E-state index contributed by atoms with van der Waals surface area (Å²) in [6.07, 6.45) is 1.64. The predicted octanol–water partition coefficient (Wildman–Crippen LogP) is 3.76. The highest BCUT2D eigenvalue weighted by molar-refractivity contribution is 7.14. The number of hydrogen-bond donors (Lipinski definition) is 1. The van der Waals surface area contributed by atoms with Crippen LogP contribution in [0.15, 0.2) is 48.0 Å². The Morgan fingerprint density at radius 3 is 2.59 bits per heavy atom. The summed E-state index contributed by atoms with van der Waals surface area (Å²) in [5.74, 6) is 0.516. The minimum absolute atomic E-state index is 0.0944. The number of nitrogens with zero attached hydrogens (tertiary/aromatic N) is 4. The summed E-state index contributed by atoms with van der Waals surface area (Å²) in [5, 5.41) is 5.86. The first-order valence-electron chi connectivity index (χ1n) is 9.17. The van der Waals surface area contributed by atoms with Crippen molar-refractivity contribution in [1.82, 2.24) is 14.9 Å². The molecule has 0 radical (unpaired) electrons. The number of pyridine rings is 1. The normalized spacial score (nSPS) is 14.8. The number of aromatic nitrogens is 2. The van der Waals surface area contributed by atoms with Crippen LogP contribution in [0.5, 0.6) is 0 Å². The van der Waals surface area contributed by atoms with Crippen molar-refractivity contribution in [3.05, 3.63) is 58.8 Å². The van der Waals surface area contributed by atoms with Gasteiger partial charge < -0.3 is 10.2 Å². The van der Waals surface area contributed by atoms with Gasteiger partial charge in [0.05, 0.1) is 17.3 Å². The van der Waals surface area contributed by atoms with Crippen molar-refractivity contribution in [2.45, 2.75) is 0 Å². The number of nitrogens with one attached hydrogen (secondary N) is 1. The van der Waals surface area contributed by atoms with Gasteiger partial charge in [0.2, 0.25) is 5.91 Å². The topological polar surface area (TPSA) is 61.4 Å². The van der Waals surface area contributed by atoms with Crippen molar-refractivity contribution < 1.29 is 9.18 Å². The van der Waals surface area contributed by atoms with Gasteiger partial charge in [-0.15, -0.1) is 11.3 Å². The van der Waals surface area contributed by atoms with Crippen LogP contribution in [0.2, 0.25) is 5.02 Å². The van der Waals surface area contributed by atoms with E-state index >= 15 is 0 Å². The Morgan fingerprint density at radius 1 is 1.14 bits per heavy atom. The van der Waals surface area contributed by atoms with Crippen molar-refractivity contribution in [2.24, 2.45) is 0 Å². The molecule has 3 aromatic rings. The molecule has 29 heavy (non-hydrogen) atoms. The highest BCUT2D eigenvalue weighted by Gasteiger charge is 2.20.